The Morgan fingerprint density at radius 1 is 0.931 bits per heavy atom. The maximum atomic E-state index is 13.5. The molecule has 0 radical (unpaired) electrons. The SMILES string of the molecule is N#C/C(F)=C/C=C/[C@H]1CC[C@H](CC[C@H]2CC[C@H](c3ccc(F)c(F)c3)CC2)CC1. The van der Waals surface area contributed by atoms with Crippen LogP contribution in [0.4, 0.5) is 13.2 Å². The summed E-state index contributed by atoms with van der Waals surface area (Å²) in [5, 5.41) is 8.41. The van der Waals surface area contributed by atoms with Gasteiger partial charge >= 0.3 is 0 Å². The molecule has 0 atom stereocenters. The van der Waals surface area contributed by atoms with E-state index in [4.69, 9.17) is 5.26 Å². The maximum absolute atomic E-state index is 13.5. The first-order valence-electron chi connectivity index (χ1n) is 10.9. The molecule has 2 fully saturated rings. The van der Waals surface area contributed by atoms with E-state index in [0.29, 0.717) is 11.8 Å². The first-order valence-corrected chi connectivity index (χ1v) is 10.9. The fourth-order valence-electron chi connectivity index (χ4n) is 5.03. The maximum Gasteiger partial charge on any atom is 0.199 e. The van der Waals surface area contributed by atoms with Gasteiger partial charge in [-0.2, -0.15) is 9.65 Å². The van der Waals surface area contributed by atoms with Gasteiger partial charge in [-0.25, -0.2) is 8.78 Å². The van der Waals surface area contributed by atoms with Crippen molar-refractivity contribution in [2.75, 3.05) is 0 Å². The third kappa shape index (κ3) is 6.49. The summed E-state index contributed by atoms with van der Waals surface area (Å²) in [6.45, 7) is 0. The number of hydrogen-bond acceptors (Lipinski definition) is 1. The van der Waals surface area contributed by atoms with Gasteiger partial charge in [0.2, 0.25) is 0 Å². The van der Waals surface area contributed by atoms with Crippen LogP contribution in [0.1, 0.15) is 75.7 Å². The molecule has 29 heavy (non-hydrogen) atoms. The Bertz CT molecular complexity index is 761. The smallest absolute Gasteiger partial charge is 0.199 e. The zero-order chi connectivity index (χ0) is 20.6. The second-order valence-corrected chi connectivity index (χ2v) is 8.76. The van der Waals surface area contributed by atoms with Gasteiger partial charge in [0.25, 0.3) is 0 Å². The summed E-state index contributed by atoms with van der Waals surface area (Å²) >= 11 is 0. The molecule has 0 spiro atoms. The first-order chi connectivity index (χ1) is 14.0. The van der Waals surface area contributed by atoms with E-state index in [1.807, 2.05) is 6.08 Å². The lowest BCUT2D eigenvalue weighted by molar-refractivity contribution is 0.246. The van der Waals surface area contributed by atoms with Gasteiger partial charge in [0.15, 0.2) is 17.5 Å². The molecule has 2 aliphatic rings. The van der Waals surface area contributed by atoms with Crippen molar-refractivity contribution < 1.29 is 13.2 Å². The summed E-state index contributed by atoms with van der Waals surface area (Å²) in [6.07, 6.45) is 16.7. The van der Waals surface area contributed by atoms with Crippen molar-refractivity contribution in [2.45, 2.75) is 70.1 Å². The number of rotatable bonds is 6. The first kappa shape index (κ1) is 21.7. The van der Waals surface area contributed by atoms with Gasteiger partial charge in [0.1, 0.15) is 6.07 Å². The highest BCUT2D eigenvalue weighted by Crippen LogP contribution is 2.40. The number of benzene rings is 1. The Labute approximate surface area is 172 Å². The quantitative estimate of drug-likeness (QED) is 0.353. The highest BCUT2D eigenvalue weighted by molar-refractivity contribution is 5.22. The molecule has 0 aromatic heterocycles. The normalized spacial score (nSPS) is 28.4. The van der Waals surface area contributed by atoms with Crippen LogP contribution in [0.5, 0.6) is 0 Å². The summed E-state index contributed by atoms with van der Waals surface area (Å²) in [7, 11) is 0. The highest BCUT2D eigenvalue weighted by atomic mass is 19.2. The molecule has 4 heteroatoms. The molecular formula is C25H30F3N. The molecule has 0 aliphatic heterocycles. The van der Waals surface area contributed by atoms with Gasteiger partial charge in [-0.15, -0.1) is 0 Å². The number of allylic oxidation sites excluding steroid dienone is 4. The summed E-state index contributed by atoms with van der Waals surface area (Å²) in [6, 6.07) is 5.84. The molecule has 0 saturated heterocycles. The van der Waals surface area contributed by atoms with Crippen molar-refractivity contribution >= 4 is 0 Å². The molecule has 0 bridgehead atoms. The summed E-state index contributed by atoms with van der Waals surface area (Å²) in [5.41, 5.74) is 0.943. The van der Waals surface area contributed by atoms with Crippen molar-refractivity contribution in [1.82, 2.24) is 0 Å². The number of halogens is 3. The van der Waals surface area contributed by atoms with Crippen LogP contribution in [0, 0.1) is 40.7 Å². The Hall–Kier alpha value is -2.02. The fraction of sp³-hybridized carbons (Fsp3) is 0.560. The molecule has 2 aliphatic carbocycles. The lowest BCUT2D eigenvalue weighted by Crippen LogP contribution is -2.17. The lowest BCUT2D eigenvalue weighted by Gasteiger charge is -2.31. The van der Waals surface area contributed by atoms with Crippen molar-refractivity contribution in [3.05, 3.63) is 59.5 Å². The van der Waals surface area contributed by atoms with Crippen molar-refractivity contribution in [1.29, 1.82) is 5.26 Å². The van der Waals surface area contributed by atoms with E-state index >= 15 is 0 Å². The van der Waals surface area contributed by atoms with Gasteiger partial charge in [-0.05, 0) is 98.8 Å². The second kappa shape index (κ2) is 10.7. The van der Waals surface area contributed by atoms with Gasteiger partial charge in [-0.3, -0.25) is 0 Å². The van der Waals surface area contributed by atoms with Crippen molar-refractivity contribution in [3.63, 3.8) is 0 Å². The zero-order valence-electron chi connectivity index (χ0n) is 16.9. The largest absolute Gasteiger partial charge is 0.204 e. The molecule has 3 rings (SSSR count). The molecule has 1 aromatic rings. The van der Waals surface area contributed by atoms with Crippen LogP contribution in [0.15, 0.2) is 42.3 Å². The molecule has 0 unspecified atom stereocenters. The average molecular weight is 402 g/mol. The number of nitriles is 1. The molecule has 0 N–H and O–H groups in total. The second-order valence-electron chi connectivity index (χ2n) is 8.76. The standard InChI is InChI=1S/C25H30F3N/c26-23(17-29)3-1-2-18-4-6-19(7-5-18)8-9-20-10-12-21(13-11-20)22-14-15-24(27)25(28)16-22/h1-3,14-16,18-21H,4-13H2/b2-1+,23-3-/t18-,19-,20-,21-. The molecular weight excluding hydrogens is 371 g/mol. The average Bonchev–Trinajstić information content (AvgIpc) is 2.75. The topological polar surface area (TPSA) is 23.8 Å². The summed E-state index contributed by atoms with van der Waals surface area (Å²) < 4.78 is 39.4. The van der Waals surface area contributed by atoms with E-state index in [9.17, 15) is 13.2 Å². The van der Waals surface area contributed by atoms with E-state index in [-0.39, 0.29) is 0 Å². The van der Waals surface area contributed by atoms with E-state index in [1.165, 1.54) is 62.8 Å². The molecule has 2 saturated carbocycles. The van der Waals surface area contributed by atoms with Crippen molar-refractivity contribution in [3.8, 4) is 6.07 Å². The summed E-state index contributed by atoms with van der Waals surface area (Å²) in [4.78, 5) is 0. The van der Waals surface area contributed by atoms with Crippen LogP contribution < -0.4 is 0 Å². The van der Waals surface area contributed by atoms with Gasteiger partial charge in [-0.1, -0.05) is 31.1 Å². The minimum Gasteiger partial charge on any atom is -0.204 e. The fourth-order valence-corrected chi connectivity index (χ4v) is 5.03. The van der Waals surface area contributed by atoms with E-state index in [2.05, 4.69) is 0 Å². The molecule has 0 heterocycles. The third-order valence-corrected chi connectivity index (χ3v) is 6.87. The number of nitrogens with zero attached hydrogens (tertiary/aromatic N) is 1. The van der Waals surface area contributed by atoms with Crippen LogP contribution in [0.2, 0.25) is 0 Å². The molecule has 156 valence electrons. The Balaban J connectivity index is 1.35. The zero-order valence-corrected chi connectivity index (χ0v) is 16.9. The highest BCUT2D eigenvalue weighted by Gasteiger charge is 2.25. The molecule has 1 aromatic carbocycles. The Morgan fingerprint density at radius 3 is 2.14 bits per heavy atom. The van der Waals surface area contributed by atoms with E-state index < -0.39 is 17.5 Å². The van der Waals surface area contributed by atoms with Crippen LogP contribution in [0.25, 0.3) is 0 Å². The van der Waals surface area contributed by atoms with Crippen LogP contribution in [-0.2, 0) is 0 Å². The van der Waals surface area contributed by atoms with Gasteiger partial charge < -0.3 is 0 Å². The Kier molecular flexibility index (Phi) is 7.98. The van der Waals surface area contributed by atoms with Gasteiger partial charge in [0, 0.05) is 0 Å². The third-order valence-electron chi connectivity index (χ3n) is 6.87. The van der Waals surface area contributed by atoms with E-state index in [1.54, 1.807) is 12.1 Å². The minimum atomic E-state index is -0.765. The lowest BCUT2D eigenvalue weighted by atomic mass is 9.74. The summed E-state index contributed by atoms with van der Waals surface area (Å²) in [5.74, 6) is 0.168. The predicted octanol–water partition coefficient (Wildman–Crippen LogP) is 7.76. The molecule has 0 amide bonds. The van der Waals surface area contributed by atoms with Crippen molar-refractivity contribution in [2.24, 2.45) is 17.8 Å². The molecule has 1 nitrogen and oxygen atoms in total. The van der Waals surface area contributed by atoms with Gasteiger partial charge in [0.05, 0.1) is 0 Å². The number of hydrogen-bond donors (Lipinski definition) is 0. The van der Waals surface area contributed by atoms with Crippen LogP contribution >= 0.6 is 0 Å². The van der Waals surface area contributed by atoms with E-state index in [0.717, 1.165) is 43.1 Å². The minimum absolute atomic E-state index is 0.364. The van der Waals surface area contributed by atoms with Crippen LogP contribution in [-0.4, -0.2) is 0 Å². The van der Waals surface area contributed by atoms with Crippen LogP contribution in [0.3, 0.4) is 0 Å². The monoisotopic (exact) mass is 401 g/mol. The Morgan fingerprint density at radius 2 is 1.55 bits per heavy atom. The predicted molar refractivity (Wildman–Crippen MR) is 110 cm³/mol.